The maximum absolute atomic E-state index is 8.45. The first-order valence-corrected chi connectivity index (χ1v) is 11.2. The first-order valence-electron chi connectivity index (χ1n) is 11.2. The van der Waals surface area contributed by atoms with Crippen molar-refractivity contribution >= 4 is 11.7 Å². The minimum atomic E-state index is 0.165. The lowest BCUT2D eigenvalue weighted by atomic mass is 10.1. The van der Waals surface area contributed by atoms with Gasteiger partial charge in [-0.3, -0.25) is 5.41 Å². The highest BCUT2D eigenvalue weighted by atomic mass is 16.5. The van der Waals surface area contributed by atoms with Gasteiger partial charge in [-0.05, 0) is 75.4 Å². The molecule has 1 heterocycles. The number of ether oxygens (including phenoxy) is 2. The Bertz CT molecular complexity index is 1090. The fourth-order valence-electron chi connectivity index (χ4n) is 4.08. The number of amidine groups is 1. The molecule has 1 aliphatic carbocycles. The van der Waals surface area contributed by atoms with Gasteiger partial charge in [0.05, 0.1) is 18.8 Å². The summed E-state index contributed by atoms with van der Waals surface area (Å²) in [5.41, 5.74) is 5.20. The summed E-state index contributed by atoms with van der Waals surface area (Å²) in [7, 11) is 1.59. The zero-order valence-electron chi connectivity index (χ0n) is 19.1. The molecule has 166 valence electrons. The number of hydrogen-bond acceptors (Lipinski definition) is 3. The molecule has 0 bridgehead atoms. The molecular weight excluding hydrogens is 398 g/mol. The van der Waals surface area contributed by atoms with Crippen molar-refractivity contribution in [1.82, 2.24) is 4.57 Å². The van der Waals surface area contributed by atoms with E-state index in [4.69, 9.17) is 14.9 Å². The number of nitrogens with one attached hydrogen (secondary N) is 1. The number of nitrogens with zero attached hydrogens (tertiary/aromatic N) is 2. The SMILES string of the molecule is CO/C(=N\C(=N)c1ccc(OC2CCCC2)cc1)c1cc(C)n(Cc2ccc(C)cc2)c1. The molecule has 4 rings (SSSR count). The molecule has 1 aliphatic rings. The fourth-order valence-corrected chi connectivity index (χ4v) is 4.08. The Labute approximate surface area is 190 Å². The third kappa shape index (κ3) is 5.28. The largest absolute Gasteiger partial charge is 0.490 e. The van der Waals surface area contributed by atoms with Crippen molar-refractivity contribution in [3.63, 3.8) is 0 Å². The molecule has 3 aromatic rings. The lowest BCUT2D eigenvalue weighted by molar-refractivity contribution is 0.210. The van der Waals surface area contributed by atoms with Gasteiger partial charge in [0.25, 0.3) is 0 Å². The predicted molar refractivity (Wildman–Crippen MR) is 129 cm³/mol. The standard InChI is InChI=1S/C27H31N3O2/c1-19-8-10-21(11-9-19)17-30-18-23(16-20(30)2)27(31-3)29-26(28)22-12-14-25(15-13-22)32-24-6-4-5-7-24/h8-16,18,24,28H,4-7,17H2,1-3H3/b28-26?,29-27-. The average Bonchev–Trinajstić information content (AvgIpc) is 3.44. The Morgan fingerprint density at radius 2 is 1.69 bits per heavy atom. The van der Waals surface area contributed by atoms with Gasteiger partial charge >= 0.3 is 0 Å². The number of aromatic nitrogens is 1. The first-order chi connectivity index (χ1) is 15.5. The number of aliphatic imine (C=N–C) groups is 1. The molecule has 0 unspecified atom stereocenters. The second-order valence-electron chi connectivity index (χ2n) is 8.50. The first kappa shape index (κ1) is 21.9. The second-order valence-corrected chi connectivity index (χ2v) is 8.50. The molecule has 1 N–H and O–H groups in total. The van der Waals surface area contributed by atoms with Gasteiger partial charge in [0.2, 0.25) is 5.90 Å². The van der Waals surface area contributed by atoms with Crippen LogP contribution in [0.3, 0.4) is 0 Å². The Balaban J connectivity index is 1.47. The van der Waals surface area contributed by atoms with Crippen LogP contribution >= 0.6 is 0 Å². The van der Waals surface area contributed by atoms with Crippen LogP contribution < -0.4 is 4.74 Å². The molecule has 0 spiro atoms. The summed E-state index contributed by atoms with van der Waals surface area (Å²) in [4.78, 5) is 4.47. The third-order valence-electron chi connectivity index (χ3n) is 5.97. The molecule has 1 aromatic heterocycles. The Hall–Kier alpha value is -3.34. The molecule has 0 amide bonds. The van der Waals surface area contributed by atoms with Crippen molar-refractivity contribution in [2.24, 2.45) is 4.99 Å². The molecule has 1 fully saturated rings. The smallest absolute Gasteiger partial charge is 0.224 e. The normalized spacial score (nSPS) is 14.5. The van der Waals surface area contributed by atoms with Crippen molar-refractivity contribution in [3.8, 4) is 5.75 Å². The van der Waals surface area contributed by atoms with E-state index >= 15 is 0 Å². The highest BCUT2D eigenvalue weighted by molar-refractivity contribution is 6.08. The minimum Gasteiger partial charge on any atom is -0.490 e. The Morgan fingerprint density at radius 3 is 2.34 bits per heavy atom. The van der Waals surface area contributed by atoms with E-state index in [1.54, 1.807) is 7.11 Å². The topological polar surface area (TPSA) is 59.6 Å². The summed E-state index contributed by atoms with van der Waals surface area (Å²) in [6, 6.07) is 18.2. The van der Waals surface area contributed by atoms with Gasteiger partial charge in [0.15, 0.2) is 5.84 Å². The van der Waals surface area contributed by atoms with Crippen LogP contribution in [0.25, 0.3) is 0 Å². The van der Waals surface area contributed by atoms with E-state index in [9.17, 15) is 0 Å². The summed E-state index contributed by atoms with van der Waals surface area (Å²) in [6.45, 7) is 4.94. The van der Waals surface area contributed by atoms with E-state index in [1.165, 1.54) is 24.0 Å². The zero-order valence-corrected chi connectivity index (χ0v) is 19.1. The van der Waals surface area contributed by atoms with E-state index in [2.05, 4.69) is 47.7 Å². The molecule has 0 aliphatic heterocycles. The number of methoxy groups -OCH3 is 1. The van der Waals surface area contributed by atoms with Crippen LogP contribution in [0.5, 0.6) is 5.75 Å². The van der Waals surface area contributed by atoms with E-state index in [-0.39, 0.29) is 5.84 Å². The lowest BCUT2D eigenvalue weighted by Gasteiger charge is -2.13. The maximum Gasteiger partial charge on any atom is 0.224 e. The van der Waals surface area contributed by atoms with Gasteiger partial charge in [0, 0.05) is 24.0 Å². The van der Waals surface area contributed by atoms with Gasteiger partial charge in [-0.1, -0.05) is 29.8 Å². The summed E-state index contributed by atoms with van der Waals surface area (Å²) < 4.78 is 13.7. The van der Waals surface area contributed by atoms with Crippen LogP contribution in [0, 0.1) is 19.3 Å². The average molecular weight is 430 g/mol. The molecule has 1 saturated carbocycles. The van der Waals surface area contributed by atoms with Crippen LogP contribution in [0.1, 0.15) is 53.6 Å². The van der Waals surface area contributed by atoms with Gasteiger partial charge < -0.3 is 14.0 Å². The molecule has 0 atom stereocenters. The van der Waals surface area contributed by atoms with Crippen LogP contribution in [0.2, 0.25) is 0 Å². The summed E-state index contributed by atoms with van der Waals surface area (Å²) in [5.74, 6) is 1.46. The van der Waals surface area contributed by atoms with E-state index in [0.717, 1.165) is 42.0 Å². The molecule has 0 radical (unpaired) electrons. The Morgan fingerprint density at radius 1 is 1.00 bits per heavy atom. The van der Waals surface area contributed by atoms with E-state index in [1.807, 2.05) is 36.5 Å². The van der Waals surface area contributed by atoms with Crippen molar-refractivity contribution < 1.29 is 9.47 Å². The molecule has 5 heteroatoms. The minimum absolute atomic E-state index is 0.165. The molecule has 5 nitrogen and oxygen atoms in total. The van der Waals surface area contributed by atoms with Crippen molar-refractivity contribution in [2.45, 2.75) is 52.2 Å². The summed E-state index contributed by atoms with van der Waals surface area (Å²) in [6.07, 6.45) is 7.10. The van der Waals surface area contributed by atoms with Gasteiger partial charge in [-0.25, -0.2) is 0 Å². The fraction of sp³-hybridized carbons (Fsp3) is 0.333. The van der Waals surface area contributed by atoms with Crippen molar-refractivity contribution in [3.05, 3.63) is 88.7 Å². The monoisotopic (exact) mass is 429 g/mol. The molecule has 2 aromatic carbocycles. The Kier molecular flexibility index (Phi) is 6.74. The van der Waals surface area contributed by atoms with E-state index in [0.29, 0.717) is 12.0 Å². The number of benzene rings is 2. The van der Waals surface area contributed by atoms with Crippen molar-refractivity contribution in [1.29, 1.82) is 5.41 Å². The highest BCUT2D eigenvalue weighted by Gasteiger charge is 2.16. The van der Waals surface area contributed by atoms with Crippen LogP contribution in [0.15, 0.2) is 65.8 Å². The summed E-state index contributed by atoms with van der Waals surface area (Å²) >= 11 is 0. The zero-order chi connectivity index (χ0) is 22.5. The van der Waals surface area contributed by atoms with Gasteiger partial charge in [-0.15, -0.1) is 0 Å². The molecule has 32 heavy (non-hydrogen) atoms. The van der Waals surface area contributed by atoms with Crippen molar-refractivity contribution in [2.75, 3.05) is 7.11 Å². The molecular formula is C27H31N3O2. The third-order valence-corrected chi connectivity index (χ3v) is 5.97. The number of rotatable bonds is 6. The lowest BCUT2D eigenvalue weighted by Crippen LogP contribution is -2.11. The highest BCUT2D eigenvalue weighted by Crippen LogP contribution is 2.24. The predicted octanol–water partition coefficient (Wildman–Crippen LogP) is 5.89. The maximum atomic E-state index is 8.45. The number of hydrogen-bond donors (Lipinski definition) is 1. The van der Waals surface area contributed by atoms with Gasteiger partial charge in [-0.2, -0.15) is 4.99 Å². The van der Waals surface area contributed by atoms with E-state index < -0.39 is 0 Å². The molecule has 0 saturated heterocycles. The number of aryl methyl sites for hydroxylation is 2. The van der Waals surface area contributed by atoms with Crippen LogP contribution in [-0.4, -0.2) is 29.5 Å². The van der Waals surface area contributed by atoms with Gasteiger partial charge in [0.1, 0.15) is 5.75 Å². The summed E-state index contributed by atoms with van der Waals surface area (Å²) in [5, 5.41) is 8.45. The van der Waals surface area contributed by atoms with Crippen LogP contribution in [-0.2, 0) is 11.3 Å². The second kappa shape index (κ2) is 9.86. The van der Waals surface area contributed by atoms with Crippen LogP contribution in [0.4, 0.5) is 0 Å². The quantitative estimate of drug-likeness (QED) is 0.392.